The Morgan fingerprint density at radius 2 is 1.90 bits per heavy atom. The molecular weight excluding hydrogens is 268 g/mol. The van der Waals surface area contributed by atoms with Gasteiger partial charge in [-0.15, -0.1) is 0 Å². The van der Waals surface area contributed by atoms with E-state index in [-0.39, 0.29) is 18.1 Å². The van der Waals surface area contributed by atoms with Crippen molar-refractivity contribution in [1.29, 1.82) is 0 Å². The van der Waals surface area contributed by atoms with Gasteiger partial charge in [-0.2, -0.15) is 0 Å². The van der Waals surface area contributed by atoms with Crippen LogP contribution in [0.15, 0.2) is 24.3 Å². The molecule has 1 aliphatic rings. The van der Waals surface area contributed by atoms with E-state index < -0.39 is 0 Å². The Balaban J connectivity index is 1.71. The molecule has 21 heavy (non-hydrogen) atoms. The summed E-state index contributed by atoms with van der Waals surface area (Å²) in [6.07, 6.45) is 5.51. The van der Waals surface area contributed by atoms with Crippen LogP contribution in [0.2, 0.25) is 0 Å². The highest BCUT2D eigenvalue weighted by Crippen LogP contribution is 2.26. The molecule has 0 radical (unpaired) electrons. The van der Waals surface area contributed by atoms with Crippen molar-refractivity contribution in [2.24, 2.45) is 5.73 Å². The number of carbonyl (C=O) groups excluding carboxylic acids is 1. The number of carbonyl (C=O) groups is 1. The van der Waals surface area contributed by atoms with Gasteiger partial charge in [0.2, 0.25) is 5.91 Å². The van der Waals surface area contributed by atoms with Crippen molar-refractivity contribution in [2.75, 3.05) is 25.6 Å². The van der Waals surface area contributed by atoms with Gasteiger partial charge in [-0.05, 0) is 37.1 Å². The third kappa shape index (κ3) is 5.02. The fourth-order valence-corrected chi connectivity index (χ4v) is 2.62. The molecule has 5 heteroatoms. The Labute approximate surface area is 125 Å². The van der Waals surface area contributed by atoms with Gasteiger partial charge in [0, 0.05) is 11.2 Å². The van der Waals surface area contributed by atoms with Crippen LogP contribution in [0.4, 0.5) is 5.69 Å². The molecule has 1 aromatic rings. The van der Waals surface area contributed by atoms with Gasteiger partial charge >= 0.3 is 0 Å². The maximum atomic E-state index is 11.8. The van der Waals surface area contributed by atoms with E-state index in [2.05, 4.69) is 5.32 Å². The number of amides is 1. The molecule has 2 rings (SSSR count). The number of anilines is 1. The molecule has 116 valence electrons. The molecule has 1 fully saturated rings. The molecule has 1 saturated carbocycles. The summed E-state index contributed by atoms with van der Waals surface area (Å²) >= 11 is 0. The predicted molar refractivity (Wildman–Crippen MR) is 82.4 cm³/mol. The van der Waals surface area contributed by atoms with E-state index in [1.54, 1.807) is 31.4 Å². The minimum absolute atomic E-state index is 0.0327. The van der Waals surface area contributed by atoms with Gasteiger partial charge in [-0.3, -0.25) is 4.79 Å². The minimum Gasteiger partial charge on any atom is -0.497 e. The molecule has 0 saturated heterocycles. The molecule has 0 aliphatic heterocycles. The summed E-state index contributed by atoms with van der Waals surface area (Å²) in [4.78, 5) is 11.8. The number of ether oxygens (including phenoxy) is 2. The molecule has 1 amide bonds. The number of nitrogens with one attached hydrogen (secondary N) is 1. The standard InChI is InChI=1S/C16H24N2O3/c1-20-14-7-5-13(6-8-14)18-15(19)11-21-12-16(17)9-3-2-4-10-16/h5-8H,2-4,9-12,17H2,1H3,(H,18,19). The van der Waals surface area contributed by atoms with Crippen LogP contribution in [0.25, 0.3) is 0 Å². The van der Waals surface area contributed by atoms with Crippen LogP contribution in [-0.4, -0.2) is 31.8 Å². The largest absolute Gasteiger partial charge is 0.497 e. The fraction of sp³-hybridized carbons (Fsp3) is 0.562. The van der Waals surface area contributed by atoms with Crippen LogP contribution < -0.4 is 15.8 Å². The second-order valence-electron chi connectivity index (χ2n) is 5.69. The van der Waals surface area contributed by atoms with Crippen molar-refractivity contribution in [3.05, 3.63) is 24.3 Å². The van der Waals surface area contributed by atoms with Crippen LogP contribution in [0.5, 0.6) is 5.75 Å². The van der Waals surface area contributed by atoms with E-state index in [1.807, 2.05) is 0 Å². The lowest BCUT2D eigenvalue weighted by Gasteiger charge is -2.32. The Bertz CT molecular complexity index is 453. The van der Waals surface area contributed by atoms with Gasteiger partial charge in [0.05, 0.1) is 13.7 Å². The highest BCUT2D eigenvalue weighted by Gasteiger charge is 2.27. The molecule has 0 aromatic heterocycles. The van der Waals surface area contributed by atoms with Crippen LogP contribution in [0, 0.1) is 0 Å². The van der Waals surface area contributed by atoms with E-state index in [0.29, 0.717) is 6.61 Å². The first kappa shape index (κ1) is 15.8. The average molecular weight is 292 g/mol. The van der Waals surface area contributed by atoms with E-state index in [0.717, 1.165) is 37.1 Å². The summed E-state index contributed by atoms with van der Waals surface area (Å²) in [5.41, 5.74) is 6.73. The lowest BCUT2D eigenvalue weighted by atomic mass is 9.83. The Kier molecular flexibility index (Phi) is 5.59. The van der Waals surface area contributed by atoms with Crippen molar-refractivity contribution in [2.45, 2.75) is 37.6 Å². The van der Waals surface area contributed by atoms with Crippen LogP contribution in [0.1, 0.15) is 32.1 Å². The normalized spacial score (nSPS) is 17.2. The molecule has 1 aromatic carbocycles. The smallest absolute Gasteiger partial charge is 0.250 e. The summed E-state index contributed by atoms with van der Waals surface area (Å²) < 4.78 is 10.6. The number of nitrogens with two attached hydrogens (primary N) is 1. The molecule has 0 atom stereocenters. The number of hydrogen-bond donors (Lipinski definition) is 2. The van der Waals surface area contributed by atoms with Gasteiger partial charge in [-0.25, -0.2) is 0 Å². The first-order valence-electron chi connectivity index (χ1n) is 7.42. The van der Waals surface area contributed by atoms with Crippen molar-refractivity contribution in [1.82, 2.24) is 0 Å². The molecule has 0 unspecified atom stereocenters. The zero-order valence-electron chi connectivity index (χ0n) is 12.6. The average Bonchev–Trinajstić information content (AvgIpc) is 2.48. The third-order valence-corrected chi connectivity index (χ3v) is 3.85. The summed E-state index contributed by atoms with van der Waals surface area (Å²) in [6, 6.07) is 7.19. The molecule has 5 nitrogen and oxygen atoms in total. The summed E-state index contributed by atoms with van der Waals surface area (Å²) in [5, 5.41) is 2.78. The zero-order chi connectivity index (χ0) is 15.1. The highest BCUT2D eigenvalue weighted by atomic mass is 16.5. The second-order valence-corrected chi connectivity index (χ2v) is 5.69. The first-order valence-corrected chi connectivity index (χ1v) is 7.42. The number of rotatable bonds is 6. The van der Waals surface area contributed by atoms with E-state index in [9.17, 15) is 4.79 Å². The van der Waals surface area contributed by atoms with Crippen molar-refractivity contribution >= 4 is 11.6 Å². The molecular formula is C16H24N2O3. The lowest BCUT2D eigenvalue weighted by molar-refractivity contribution is -0.121. The van der Waals surface area contributed by atoms with E-state index >= 15 is 0 Å². The summed E-state index contributed by atoms with van der Waals surface area (Å²) in [7, 11) is 1.61. The first-order chi connectivity index (χ1) is 10.1. The van der Waals surface area contributed by atoms with Crippen LogP contribution in [-0.2, 0) is 9.53 Å². The maximum absolute atomic E-state index is 11.8. The van der Waals surface area contributed by atoms with E-state index in [1.165, 1.54) is 6.42 Å². The molecule has 1 aliphatic carbocycles. The summed E-state index contributed by atoms with van der Waals surface area (Å²) in [6.45, 7) is 0.480. The molecule has 0 bridgehead atoms. The van der Waals surface area contributed by atoms with Gasteiger partial charge in [0.25, 0.3) is 0 Å². The van der Waals surface area contributed by atoms with Crippen LogP contribution in [0.3, 0.4) is 0 Å². The Morgan fingerprint density at radius 1 is 1.24 bits per heavy atom. The predicted octanol–water partition coefficient (Wildman–Crippen LogP) is 2.31. The lowest BCUT2D eigenvalue weighted by Crippen LogP contribution is -2.46. The molecule has 0 heterocycles. The van der Waals surface area contributed by atoms with Crippen LogP contribution >= 0.6 is 0 Å². The maximum Gasteiger partial charge on any atom is 0.250 e. The third-order valence-electron chi connectivity index (χ3n) is 3.85. The zero-order valence-corrected chi connectivity index (χ0v) is 12.6. The van der Waals surface area contributed by atoms with Crippen molar-refractivity contribution < 1.29 is 14.3 Å². The number of benzene rings is 1. The fourth-order valence-electron chi connectivity index (χ4n) is 2.62. The molecule has 3 N–H and O–H groups in total. The quantitative estimate of drug-likeness (QED) is 0.844. The van der Waals surface area contributed by atoms with Crippen molar-refractivity contribution in [3.8, 4) is 5.75 Å². The van der Waals surface area contributed by atoms with Gasteiger partial charge < -0.3 is 20.5 Å². The molecule has 0 spiro atoms. The van der Waals surface area contributed by atoms with Gasteiger partial charge in [0.1, 0.15) is 12.4 Å². The Morgan fingerprint density at radius 3 is 2.52 bits per heavy atom. The second kappa shape index (κ2) is 7.43. The minimum atomic E-state index is -0.251. The van der Waals surface area contributed by atoms with Gasteiger partial charge in [-0.1, -0.05) is 19.3 Å². The van der Waals surface area contributed by atoms with E-state index in [4.69, 9.17) is 15.2 Å². The van der Waals surface area contributed by atoms with Gasteiger partial charge in [0.15, 0.2) is 0 Å². The summed E-state index contributed by atoms with van der Waals surface area (Å²) in [5.74, 6) is 0.589. The SMILES string of the molecule is COc1ccc(NC(=O)COCC2(N)CCCCC2)cc1. The number of methoxy groups -OCH3 is 1. The van der Waals surface area contributed by atoms with Crippen molar-refractivity contribution in [3.63, 3.8) is 0 Å². The topological polar surface area (TPSA) is 73.6 Å². The Hall–Kier alpha value is -1.59. The number of hydrogen-bond acceptors (Lipinski definition) is 4. The monoisotopic (exact) mass is 292 g/mol. The highest BCUT2D eigenvalue weighted by molar-refractivity contribution is 5.91.